The number of nitrogen functional groups attached to an aromatic ring is 1. The first-order valence-electron chi connectivity index (χ1n) is 12.2. The average Bonchev–Trinajstić information content (AvgIpc) is 3.36. The van der Waals surface area contributed by atoms with E-state index >= 15 is 0 Å². The SMILES string of the molecule is CCN(CC)CCNC(=O)c1cc(Nc2cc(NC3CC3)c3ncc(N)n3n2)cc(-n2cncn2)c1. The van der Waals surface area contributed by atoms with Gasteiger partial charge < -0.3 is 26.6 Å². The summed E-state index contributed by atoms with van der Waals surface area (Å²) in [5.41, 5.74) is 9.52. The molecule has 0 atom stereocenters. The van der Waals surface area contributed by atoms with Crippen LogP contribution in [0.15, 0.2) is 43.1 Å². The van der Waals surface area contributed by atoms with Crippen LogP contribution in [0.5, 0.6) is 0 Å². The summed E-state index contributed by atoms with van der Waals surface area (Å²) in [6.45, 7) is 7.46. The number of anilines is 4. The van der Waals surface area contributed by atoms with Crippen molar-refractivity contribution in [3.63, 3.8) is 0 Å². The number of nitrogens with two attached hydrogens (primary N) is 1. The molecule has 3 heterocycles. The predicted octanol–water partition coefficient (Wildman–Crippen LogP) is 2.28. The van der Waals surface area contributed by atoms with Gasteiger partial charge in [0.05, 0.1) is 17.6 Å². The molecular formula is C24H31N11O. The van der Waals surface area contributed by atoms with Gasteiger partial charge in [0.15, 0.2) is 11.5 Å². The third-order valence-corrected chi connectivity index (χ3v) is 6.17. The lowest BCUT2D eigenvalue weighted by Gasteiger charge is -2.18. The Balaban J connectivity index is 1.43. The lowest BCUT2D eigenvalue weighted by atomic mass is 10.1. The molecule has 1 saturated carbocycles. The molecule has 12 heteroatoms. The molecule has 5 rings (SSSR count). The molecule has 0 radical (unpaired) electrons. The van der Waals surface area contributed by atoms with Crippen LogP contribution in [-0.2, 0) is 0 Å². The number of nitrogens with zero attached hydrogens (tertiary/aromatic N) is 7. The molecule has 1 aliphatic rings. The van der Waals surface area contributed by atoms with Gasteiger partial charge in [-0.2, -0.15) is 9.61 Å². The van der Waals surface area contributed by atoms with Crippen molar-refractivity contribution in [1.82, 2.24) is 39.6 Å². The molecule has 0 bridgehead atoms. The molecule has 0 saturated heterocycles. The van der Waals surface area contributed by atoms with E-state index in [9.17, 15) is 4.79 Å². The number of imidazole rings is 1. The Hall–Kier alpha value is -4.19. The van der Waals surface area contributed by atoms with E-state index in [1.54, 1.807) is 33.9 Å². The number of rotatable bonds is 11. The lowest BCUT2D eigenvalue weighted by molar-refractivity contribution is 0.0949. The Labute approximate surface area is 208 Å². The van der Waals surface area contributed by atoms with E-state index in [0.29, 0.717) is 46.8 Å². The Bertz CT molecular complexity index is 1340. The zero-order valence-electron chi connectivity index (χ0n) is 20.5. The first-order chi connectivity index (χ1) is 17.5. The zero-order chi connectivity index (χ0) is 25.1. The molecule has 3 aromatic heterocycles. The maximum absolute atomic E-state index is 13.0. The molecule has 1 aromatic carbocycles. The minimum Gasteiger partial charge on any atom is -0.382 e. The lowest BCUT2D eigenvalue weighted by Crippen LogP contribution is -2.34. The van der Waals surface area contributed by atoms with Crippen LogP contribution in [0.4, 0.5) is 23.0 Å². The average molecular weight is 490 g/mol. The second-order valence-corrected chi connectivity index (χ2v) is 8.80. The van der Waals surface area contributed by atoms with Crippen LogP contribution in [-0.4, -0.2) is 72.4 Å². The Morgan fingerprint density at radius 2 is 2.03 bits per heavy atom. The standard InChI is InChI=1S/C24H31N11O/c1-3-33(4-2)8-7-27-24(36)16-9-18(11-19(10-16)34-15-26-14-29-34)31-22-12-20(30-17-5-6-17)23-28-13-21(25)35(23)32-22/h9-15,17,30H,3-8,25H2,1-2H3,(H,27,36)(H,31,32). The summed E-state index contributed by atoms with van der Waals surface area (Å²) in [4.78, 5) is 23.7. The maximum atomic E-state index is 13.0. The van der Waals surface area contributed by atoms with E-state index < -0.39 is 0 Å². The summed E-state index contributed by atoms with van der Waals surface area (Å²) in [5, 5.41) is 18.7. The minimum atomic E-state index is -0.162. The Kier molecular flexibility index (Phi) is 6.67. The Morgan fingerprint density at radius 1 is 1.19 bits per heavy atom. The molecule has 1 fully saturated rings. The van der Waals surface area contributed by atoms with E-state index in [0.717, 1.165) is 38.2 Å². The van der Waals surface area contributed by atoms with Gasteiger partial charge in [-0.05, 0) is 44.1 Å². The summed E-state index contributed by atoms with van der Waals surface area (Å²) < 4.78 is 3.22. The van der Waals surface area contributed by atoms with Gasteiger partial charge in [-0.25, -0.2) is 14.6 Å². The summed E-state index contributed by atoms with van der Waals surface area (Å²) in [6.07, 6.45) is 6.89. The van der Waals surface area contributed by atoms with Gasteiger partial charge in [-0.1, -0.05) is 13.8 Å². The molecule has 0 unspecified atom stereocenters. The van der Waals surface area contributed by atoms with Crippen molar-refractivity contribution in [2.45, 2.75) is 32.7 Å². The number of benzene rings is 1. The number of hydrogen-bond donors (Lipinski definition) is 4. The molecule has 5 N–H and O–H groups in total. The number of hydrogen-bond acceptors (Lipinski definition) is 9. The molecule has 0 spiro atoms. The van der Waals surface area contributed by atoms with Gasteiger partial charge >= 0.3 is 0 Å². The van der Waals surface area contributed by atoms with Crippen LogP contribution in [0.2, 0.25) is 0 Å². The number of amides is 1. The van der Waals surface area contributed by atoms with Crippen LogP contribution in [0.3, 0.4) is 0 Å². The highest BCUT2D eigenvalue weighted by atomic mass is 16.1. The van der Waals surface area contributed by atoms with Crippen LogP contribution in [0.1, 0.15) is 37.0 Å². The fraction of sp³-hybridized carbons (Fsp3) is 0.375. The molecule has 12 nitrogen and oxygen atoms in total. The third-order valence-electron chi connectivity index (χ3n) is 6.17. The number of carbonyl (C=O) groups is 1. The number of likely N-dealkylation sites (N-methyl/N-ethyl adjacent to an activating group) is 1. The van der Waals surface area contributed by atoms with Crippen molar-refractivity contribution in [2.75, 3.05) is 42.5 Å². The highest BCUT2D eigenvalue weighted by molar-refractivity contribution is 5.96. The largest absolute Gasteiger partial charge is 0.382 e. The molecule has 0 aliphatic heterocycles. The Morgan fingerprint density at radius 3 is 2.75 bits per heavy atom. The molecule has 4 aromatic rings. The van der Waals surface area contributed by atoms with Crippen LogP contribution >= 0.6 is 0 Å². The molecule has 188 valence electrons. The molecule has 1 amide bonds. The van der Waals surface area contributed by atoms with Crippen molar-refractivity contribution in [3.8, 4) is 5.69 Å². The smallest absolute Gasteiger partial charge is 0.251 e. The maximum Gasteiger partial charge on any atom is 0.251 e. The van der Waals surface area contributed by atoms with E-state index in [1.807, 2.05) is 12.1 Å². The normalized spacial score (nSPS) is 13.3. The van der Waals surface area contributed by atoms with Crippen LogP contribution in [0, 0.1) is 0 Å². The summed E-state index contributed by atoms with van der Waals surface area (Å²) in [5.74, 6) is 0.849. The minimum absolute atomic E-state index is 0.162. The van der Waals surface area contributed by atoms with Gasteiger partial charge in [0.2, 0.25) is 0 Å². The molecule has 1 aliphatic carbocycles. The van der Waals surface area contributed by atoms with Gasteiger partial charge in [0.1, 0.15) is 18.5 Å². The van der Waals surface area contributed by atoms with Crippen LogP contribution in [0.25, 0.3) is 11.3 Å². The number of fused-ring (bicyclic) bond motifs is 1. The van der Waals surface area contributed by atoms with Gasteiger partial charge in [0, 0.05) is 36.4 Å². The quantitative estimate of drug-likeness (QED) is 0.249. The number of nitrogens with one attached hydrogen (secondary N) is 3. The predicted molar refractivity (Wildman–Crippen MR) is 139 cm³/mol. The van der Waals surface area contributed by atoms with Crippen molar-refractivity contribution in [1.29, 1.82) is 0 Å². The summed E-state index contributed by atoms with van der Waals surface area (Å²) in [7, 11) is 0. The van der Waals surface area contributed by atoms with Gasteiger partial charge in [0.25, 0.3) is 5.91 Å². The number of carbonyl (C=O) groups excluding carboxylic acids is 1. The first kappa shape index (κ1) is 23.5. The second kappa shape index (κ2) is 10.2. The van der Waals surface area contributed by atoms with Crippen molar-refractivity contribution in [2.24, 2.45) is 0 Å². The third kappa shape index (κ3) is 5.23. The highest BCUT2D eigenvalue weighted by Gasteiger charge is 2.23. The molecule has 36 heavy (non-hydrogen) atoms. The second-order valence-electron chi connectivity index (χ2n) is 8.80. The topological polar surface area (TPSA) is 143 Å². The zero-order valence-corrected chi connectivity index (χ0v) is 20.5. The highest BCUT2D eigenvalue weighted by Crippen LogP contribution is 2.30. The monoisotopic (exact) mass is 489 g/mol. The summed E-state index contributed by atoms with van der Waals surface area (Å²) >= 11 is 0. The fourth-order valence-corrected chi connectivity index (χ4v) is 4.01. The molecular weight excluding hydrogens is 458 g/mol. The van der Waals surface area contributed by atoms with E-state index in [1.165, 1.54) is 6.33 Å². The van der Waals surface area contributed by atoms with Gasteiger partial charge in [-0.15, -0.1) is 5.10 Å². The fourth-order valence-electron chi connectivity index (χ4n) is 4.01. The van der Waals surface area contributed by atoms with Crippen LogP contribution < -0.4 is 21.7 Å². The van der Waals surface area contributed by atoms with Crippen molar-refractivity contribution in [3.05, 3.63) is 48.7 Å². The van der Waals surface area contributed by atoms with Gasteiger partial charge in [-0.3, -0.25) is 4.79 Å². The first-order valence-corrected chi connectivity index (χ1v) is 12.2. The summed E-state index contributed by atoms with van der Waals surface area (Å²) in [6, 6.07) is 7.82. The van der Waals surface area contributed by atoms with E-state index in [4.69, 9.17) is 5.73 Å². The van der Waals surface area contributed by atoms with Crippen molar-refractivity contribution >= 4 is 34.6 Å². The number of aromatic nitrogens is 6. The van der Waals surface area contributed by atoms with Crippen molar-refractivity contribution < 1.29 is 4.79 Å². The van der Waals surface area contributed by atoms with E-state index in [2.05, 4.69) is 54.9 Å². The van der Waals surface area contributed by atoms with E-state index in [-0.39, 0.29) is 5.91 Å².